The second kappa shape index (κ2) is 4.44. The van der Waals surface area contributed by atoms with Crippen LogP contribution in [0.3, 0.4) is 0 Å². The molecule has 0 heterocycles. The van der Waals surface area contributed by atoms with Gasteiger partial charge in [-0.05, 0) is 18.8 Å². The van der Waals surface area contributed by atoms with Crippen LogP contribution in [0.2, 0.25) is 0 Å². The average molecular weight is 199 g/mol. The third-order valence-electron chi connectivity index (χ3n) is 2.69. The summed E-state index contributed by atoms with van der Waals surface area (Å²) in [6, 6.07) is 0. The molecule has 0 aromatic rings. The van der Waals surface area contributed by atoms with Gasteiger partial charge in [-0.3, -0.25) is 9.59 Å². The topological polar surface area (TPSA) is 46.6 Å². The average Bonchev–Trinajstić information content (AvgIpc) is 2.98. The fourth-order valence-corrected chi connectivity index (χ4v) is 1.48. The smallest absolute Gasteiger partial charge is 0.325 e. The summed E-state index contributed by atoms with van der Waals surface area (Å²) in [7, 11) is 2.96. The first kappa shape index (κ1) is 11.0. The van der Waals surface area contributed by atoms with Gasteiger partial charge in [-0.1, -0.05) is 6.92 Å². The second-order valence-electron chi connectivity index (χ2n) is 3.90. The Balaban J connectivity index is 2.38. The predicted octanol–water partition coefficient (Wildman–Crippen LogP) is 0.664. The van der Waals surface area contributed by atoms with E-state index in [1.54, 1.807) is 7.05 Å². The highest BCUT2D eigenvalue weighted by atomic mass is 16.5. The lowest BCUT2D eigenvalue weighted by Crippen LogP contribution is -2.36. The molecule has 1 aliphatic carbocycles. The number of likely N-dealkylation sites (N-methyl/N-ethyl adjacent to an activating group) is 1. The molecular formula is C10H17NO3. The molecule has 0 spiro atoms. The van der Waals surface area contributed by atoms with Gasteiger partial charge in [0.1, 0.15) is 6.54 Å². The zero-order valence-electron chi connectivity index (χ0n) is 8.95. The monoisotopic (exact) mass is 199 g/mol. The molecule has 1 unspecified atom stereocenters. The molecule has 80 valence electrons. The number of nitrogens with zero attached hydrogens (tertiary/aromatic N) is 1. The van der Waals surface area contributed by atoms with E-state index in [0.717, 1.165) is 12.8 Å². The van der Waals surface area contributed by atoms with Crippen LogP contribution in [0, 0.1) is 11.8 Å². The summed E-state index contributed by atoms with van der Waals surface area (Å²) in [6.45, 7) is 1.97. The molecule has 4 nitrogen and oxygen atoms in total. The molecule has 0 radical (unpaired) electrons. The van der Waals surface area contributed by atoms with E-state index in [1.807, 2.05) is 6.92 Å². The van der Waals surface area contributed by atoms with Crippen molar-refractivity contribution in [3.8, 4) is 0 Å². The highest BCUT2D eigenvalue weighted by Gasteiger charge is 2.34. The number of hydrogen-bond acceptors (Lipinski definition) is 3. The lowest BCUT2D eigenvalue weighted by molar-refractivity contribution is -0.147. The molecule has 1 saturated carbocycles. The van der Waals surface area contributed by atoms with Gasteiger partial charge in [0, 0.05) is 13.0 Å². The van der Waals surface area contributed by atoms with Crippen molar-refractivity contribution >= 4 is 11.9 Å². The Labute approximate surface area is 84.2 Å². The molecule has 0 aromatic carbocycles. The lowest BCUT2D eigenvalue weighted by atomic mass is 10.1. The predicted molar refractivity (Wildman–Crippen MR) is 51.5 cm³/mol. The molecule has 0 N–H and O–H groups in total. The van der Waals surface area contributed by atoms with Crippen LogP contribution in [0.25, 0.3) is 0 Å². The van der Waals surface area contributed by atoms with Crippen molar-refractivity contribution in [2.75, 3.05) is 20.7 Å². The summed E-state index contributed by atoms with van der Waals surface area (Å²) in [6.07, 6.45) is 2.28. The summed E-state index contributed by atoms with van der Waals surface area (Å²) < 4.78 is 4.49. The maximum atomic E-state index is 11.7. The minimum absolute atomic E-state index is 0.0397. The van der Waals surface area contributed by atoms with Gasteiger partial charge < -0.3 is 9.64 Å². The first-order chi connectivity index (χ1) is 6.56. The van der Waals surface area contributed by atoms with Crippen LogP contribution in [0.5, 0.6) is 0 Å². The fraction of sp³-hybridized carbons (Fsp3) is 0.800. The molecule has 1 aliphatic rings. The van der Waals surface area contributed by atoms with E-state index in [2.05, 4.69) is 4.74 Å². The van der Waals surface area contributed by atoms with Gasteiger partial charge in [0.2, 0.25) is 5.91 Å². The lowest BCUT2D eigenvalue weighted by Gasteiger charge is -2.19. The first-order valence-electron chi connectivity index (χ1n) is 4.88. The highest BCUT2D eigenvalue weighted by Crippen LogP contribution is 2.37. The summed E-state index contributed by atoms with van der Waals surface area (Å²) in [5.41, 5.74) is 0. The van der Waals surface area contributed by atoms with Gasteiger partial charge in [0.05, 0.1) is 7.11 Å². The van der Waals surface area contributed by atoms with Gasteiger partial charge in [0.15, 0.2) is 0 Å². The molecule has 14 heavy (non-hydrogen) atoms. The van der Waals surface area contributed by atoms with E-state index < -0.39 is 0 Å². The van der Waals surface area contributed by atoms with E-state index in [0.29, 0.717) is 5.92 Å². The normalized spacial score (nSPS) is 17.4. The number of hydrogen-bond donors (Lipinski definition) is 0. The fourth-order valence-electron chi connectivity index (χ4n) is 1.48. The van der Waals surface area contributed by atoms with Crippen molar-refractivity contribution < 1.29 is 14.3 Å². The van der Waals surface area contributed by atoms with Crippen molar-refractivity contribution in [2.45, 2.75) is 19.8 Å². The molecule has 0 aliphatic heterocycles. The molecule has 1 rings (SSSR count). The number of amides is 1. The minimum Gasteiger partial charge on any atom is -0.468 e. The Morgan fingerprint density at radius 1 is 1.50 bits per heavy atom. The summed E-state index contributed by atoms with van der Waals surface area (Å²) >= 11 is 0. The van der Waals surface area contributed by atoms with E-state index >= 15 is 0 Å². The van der Waals surface area contributed by atoms with Crippen molar-refractivity contribution in [1.29, 1.82) is 0 Å². The van der Waals surface area contributed by atoms with Gasteiger partial charge in [-0.15, -0.1) is 0 Å². The van der Waals surface area contributed by atoms with E-state index in [1.165, 1.54) is 12.0 Å². The minimum atomic E-state index is -0.371. The highest BCUT2D eigenvalue weighted by molar-refractivity contribution is 5.83. The first-order valence-corrected chi connectivity index (χ1v) is 4.88. The van der Waals surface area contributed by atoms with Crippen LogP contribution >= 0.6 is 0 Å². The number of carbonyl (C=O) groups excluding carboxylic acids is 2. The zero-order valence-corrected chi connectivity index (χ0v) is 8.95. The number of methoxy groups -OCH3 is 1. The number of ether oxygens (including phenoxy) is 1. The zero-order chi connectivity index (χ0) is 10.7. The van der Waals surface area contributed by atoms with Crippen LogP contribution in [0.15, 0.2) is 0 Å². The maximum absolute atomic E-state index is 11.7. The van der Waals surface area contributed by atoms with Crippen molar-refractivity contribution in [2.24, 2.45) is 11.8 Å². The third kappa shape index (κ3) is 2.72. The van der Waals surface area contributed by atoms with E-state index in [4.69, 9.17) is 0 Å². The number of rotatable bonds is 4. The van der Waals surface area contributed by atoms with Gasteiger partial charge in [-0.2, -0.15) is 0 Å². The van der Waals surface area contributed by atoms with Crippen molar-refractivity contribution in [3.05, 3.63) is 0 Å². The second-order valence-corrected chi connectivity index (χ2v) is 3.90. The summed E-state index contributed by atoms with van der Waals surface area (Å²) in [4.78, 5) is 24.1. The van der Waals surface area contributed by atoms with Gasteiger partial charge >= 0.3 is 5.97 Å². The molecule has 1 atom stereocenters. The molecule has 1 amide bonds. The molecule has 1 fully saturated rings. The Morgan fingerprint density at radius 3 is 2.50 bits per heavy atom. The molecule has 0 aromatic heterocycles. The van der Waals surface area contributed by atoms with Crippen LogP contribution in [0.4, 0.5) is 0 Å². The van der Waals surface area contributed by atoms with Crippen LogP contribution in [-0.4, -0.2) is 37.5 Å². The largest absolute Gasteiger partial charge is 0.468 e. The van der Waals surface area contributed by atoms with Crippen molar-refractivity contribution in [1.82, 2.24) is 4.90 Å². The Bertz CT molecular complexity index is 236. The van der Waals surface area contributed by atoms with Gasteiger partial charge in [-0.25, -0.2) is 0 Å². The van der Waals surface area contributed by atoms with Crippen LogP contribution in [0.1, 0.15) is 19.8 Å². The summed E-state index contributed by atoms with van der Waals surface area (Å²) in [5.74, 6) is 0.244. The third-order valence-corrected chi connectivity index (χ3v) is 2.69. The van der Waals surface area contributed by atoms with Crippen LogP contribution < -0.4 is 0 Å². The van der Waals surface area contributed by atoms with Crippen molar-refractivity contribution in [3.63, 3.8) is 0 Å². The number of esters is 1. The molecule has 0 bridgehead atoms. The standard InChI is InChI=1S/C10H17NO3/c1-7(8-4-5-8)10(13)11(2)6-9(12)14-3/h7-8H,4-6H2,1-3H3. The number of carbonyl (C=O) groups is 2. The van der Waals surface area contributed by atoms with Gasteiger partial charge in [0.25, 0.3) is 0 Å². The Morgan fingerprint density at radius 2 is 2.07 bits per heavy atom. The maximum Gasteiger partial charge on any atom is 0.325 e. The van der Waals surface area contributed by atoms with E-state index in [-0.39, 0.29) is 24.3 Å². The Kier molecular flexibility index (Phi) is 3.49. The quantitative estimate of drug-likeness (QED) is 0.625. The van der Waals surface area contributed by atoms with E-state index in [9.17, 15) is 9.59 Å². The molecular weight excluding hydrogens is 182 g/mol. The Hall–Kier alpha value is -1.06. The SMILES string of the molecule is COC(=O)CN(C)C(=O)C(C)C1CC1. The van der Waals surface area contributed by atoms with Crippen LogP contribution in [-0.2, 0) is 14.3 Å². The summed E-state index contributed by atoms with van der Waals surface area (Å²) in [5, 5.41) is 0. The molecule has 4 heteroatoms. The molecule has 0 saturated heterocycles.